The second-order valence-corrected chi connectivity index (χ2v) is 8.45. The van der Waals surface area contributed by atoms with Crippen LogP contribution in [-0.4, -0.2) is 48.8 Å². The molecule has 2 aromatic rings. The number of imide groups is 1. The molecule has 0 unspecified atom stereocenters. The summed E-state index contributed by atoms with van der Waals surface area (Å²) < 4.78 is 0. The molecule has 1 aliphatic heterocycles. The fourth-order valence-electron chi connectivity index (χ4n) is 3.47. The number of piperidine rings is 1. The van der Waals surface area contributed by atoms with E-state index in [4.69, 9.17) is 0 Å². The molecule has 29 heavy (non-hydrogen) atoms. The zero-order valence-electron chi connectivity index (χ0n) is 16.6. The number of thiophene rings is 1. The zero-order valence-corrected chi connectivity index (χ0v) is 17.5. The highest BCUT2D eigenvalue weighted by atomic mass is 32.1. The fraction of sp³-hybridized carbons (Fsp3) is 0.409. The van der Waals surface area contributed by atoms with Gasteiger partial charge in [-0.15, -0.1) is 11.3 Å². The number of benzene rings is 1. The van der Waals surface area contributed by atoms with Gasteiger partial charge >= 0.3 is 6.03 Å². The molecule has 1 saturated heterocycles. The van der Waals surface area contributed by atoms with E-state index in [1.807, 2.05) is 53.6 Å². The lowest BCUT2D eigenvalue weighted by atomic mass is 9.88. The van der Waals surface area contributed by atoms with E-state index in [0.717, 1.165) is 30.4 Å². The Labute approximate surface area is 175 Å². The lowest BCUT2D eigenvalue weighted by Gasteiger charge is -2.30. The standard InChI is InChI=1S/C22H27N3O3S/c1-16-4-6-17(7-5-16)21(27)18-9-12-25(13-10-18)15-20(26)24-22(28)23-11-8-19-3-2-14-29-19/h2-7,14,18H,8-13,15H2,1H3,(H2,23,24,26,28). The average molecular weight is 414 g/mol. The number of hydrogen-bond acceptors (Lipinski definition) is 5. The minimum absolute atomic E-state index is 0.00225. The summed E-state index contributed by atoms with van der Waals surface area (Å²) in [6, 6.07) is 11.2. The first kappa shape index (κ1) is 21.2. The third-order valence-corrected chi connectivity index (χ3v) is 6.09. The highest BCUT2D eigenvalue weighted by molar-refractivity contribution is 7.09. The van der Waals surface area contributed by atoms with Gasteiger partial charge in [0.2, 0.25) is 5.91 Å². The second-order valence-electron chi connectivity index (χ2n) is 7.41. The van der Waals surface area contributed by atoms with E-state index in [-0.39, 0.29) is 24.2 Å². The number of rotatable bonds is 7. The molecule has 1 aromatic carbocycles. The second kappa shape index (κ2) is 10.3. The number of aryl methyl sites for hydroxylation is 1. The summed E-state index contributed by atoms with van der Waals surface area (Å²) >= 11 is 1.64. The predicted octanol–water partition coefficient (Wildman–Crippen LogP) is 3.02. The Morgan fingerprint density at radius 3 is 2.48 bits per heavy atom. The van der Waals surface area contributed by atoms with E-state index >= 15 is 0 Å². The van der Waals surface area contributed by atoms with Gasteiger partial charge in [0, 0.05) is 22.9 Å². The van der Waals surface area contributed by atoms with Gasteiger partial charge in [-0.25, -0.2) is 4.79 Å². The number of likely N-dealkylation sites (tertiary alicyclic amines) is 1. The van der Waals surface area contributed by atoms with Crippen LogP contribution in [-0.2, 0) is 11.2 Å². The number of nitrogens with zero attached hydrogens (tertiary/aromatic N) is 1. The van der Waals surface area contributed by atoms with E-state index in [9.17, 15) is 14.4 Å². The minimum atomic E-state index is -0.462. The van der Waals surface area contributed by atoms with Gasteiger partial charge in [0.25, 0.3) is 0 Å². The molecule has 1 aliphatic rings. The molecule has 154 valence electrons. The van der Waals surface area contributed by atoms with Crippen LogP contribution in [0.3, 0.4) is 0 Å². The summed E-state index contributed by atoms with van der Waals surface area (Å²) in [5, 5.41) is 7.08. The van der Waals surface area contributed by atoms with Crippen molar-refractivity contribution in [1.82, 2.24) is 15.5 Å². The number of urea groups is 1. The van der Waals surface area contributed by atoms with Gasteiger partial charge < -0.3 is 5.32 Å². The minimum Gasteiger partial charge on any atom is -0.337 e. The van der Waals surface area contributed by atoms with Crippen molar-refractivity contribution >= 4 is 29.1 Å². The van der Waals surface area contributed by atoms with Gasteiger partial charge in [-0.1, -0.05) is 35.9 Å². The van der Waals surface area contributed by atoms with Crippen LogP contribution in [0.15, 0.2) is 41.8 Å². The number of Topliss-reactive ketones (excluding diaryl/α,β-unsaturated/α-hetero) is 1. The monoisotopic (exact) mass is 413 g/mol. The molecule has 0 atom stereocenters. The van der Waals surface area contributed by atoms with E-state index in [1.54, 1.807) is 11.3 Å². The Hall–Kier alpha value is -2.51. The van der Waals surface area contributed by atoms with Gasteiger partial charge in [0.05, 0.1) is 6.54 Å². The van der Waals surface area contributed by atoms with Crippen molar-refractivity contribution in [3.63, 3.8) is 0 Å². The van der Waals surface area contributed by atoms with Gasteiger partial charge in [-0.05, 0) is 50.7 Å². The molecule has 0 radical (unpaired) electrons. The Balaban J connectivity index is 1.35. The largest absolute Gasteiger partial charge is 0.337 e. The molecule has 6 nitrogen and oxygen atoms in total. The number of carbonyl (C=O) groups is 3. The van der Waals surface area contributed by atoms with Crippen LogP contribution >= 0.6 is 11.3 Å². The molecule has 2 N–H and O–H groups in total. The summed E-state index contributed by atoms with van der Waals surface area (Å²) in [5.74, 6) is -0.140. The third-order valence-electron chi connectivity index (χ3n) is 5.15. The molecule has 1 fully saturated rings. The maximum absolute atomic E-state index is 12.6. The molecular weight excluding hydrogens is 386 g/mol. The Bertz CT molecular complexity index is 825. The molecule has 1 aromatic heterocycles. The first-order valence-electron chi connectivity index (χ1n) is 9.94. The fourth-order valence-corrected chi connectivity index (χ4v) is 4.18. The number of nitrogens with one attached hydrogen (secondary N) is 2. The van der Waals surface area contributed by atoms with Crippen LogP contribution in [0.25, 0.3) is 0 Å². The van der Waals surface area contributed by atoms with Crippen LogP contribution in [0.5, 0.6) is 0 Å². The predicted molar refractivity (Wildman–Crippen MR) is 114 cm³/mol. The van der Waals surface area contributed by atoms with E-state index < -0.39 is 6.03 Å². The smallest absolute Gasteiger partial charge is 0.321 e. The molecule has 3 amide bonds. The van der Waals surface area contributed by atoms with Gasteiger partial charge in [-0.2, -0.15) is 0 Å². The Morgan fingerprint density at radius 2 is 1.83 bits per heavy atom. The normalized spacial score (nSPS) is 15.1. The van der Waals surface area contributed by atoms with Gasteiger partial charge in [0.1, 0.15) is 0 Å². The van der Waals surface area contributed by atoms with Crippen molar-refractivity contribution in [2.75, 3.05) is 26.2 Å². The van der Waals surface area contributed by atoms with Crippen molar-refractivity contribution < 1.29 is 14.4 Å². The van der Waals surface area contributed by atoms with E-state index in [2.05, 4.69) is 10.6 Å². The number of ketones is 1. The lowest BCUT2D eigenvalue weighted by Crippen LogP contribution is -2.47. The number of amides is 3. The van der Waals surface area contributed by atoms with Crippen LogP contribution in [0, 0.1) is 12.8 Å². The summed E-state index contributed by atoms with van der Waals surface area (Å²) in [5.41, 5.74) is 1.89. The zero-order chi connectivity index (χ0) is 20.6. The molecule has 0 aliphatic carbocycles. The maximum atomic E-state index is 12.6. The van der Waals surface area contributed by atoms with Crippen molar-refractivity contribution in [2.24, 2.45) is 5.92 Å². The summed E-state index contributed by atoms with van der Waals surface area (Å²) in [6.45, 7) is 4.02. The van der Waals surface area contributed by atoms with Crippen LogP contribution in [0.4, 0.5) is 4.79 Å². The Morgan fingerprint density at radius 1 is 1.10 bits per heavy atom. The molecular formula is C22H27N3O3S. The quantitative estimate of drug-likeness (QED) is 0.684. The summed E-state index contributed by atoms with van der Waals surface area (Å²) in [4.78, 5) is 39.8. The van der Waals surface area contributed by atoms with Crippen LogP contribution in [0.1, 0.15) is 33.6 Å². The van der Waals surface area contributed by atoms with Crippen molar-refractivity contribution in [3.8, 4) is 0 Å². The third kappa shape index (κ3) is 6.51. The van der Waals surface area contributed by atoms with Crippen LogP contribution < -0.4 is 10.6 Å². The molecule has 7 heteroatoms. The van der Waals surface area contributed by atoms with Gasteiger partial charge in [0.15, 0.2) is 5.78 Å². The topological polar surface area (TPSA) is 78.5 Å². The Kier molecular flexibility index (Phi) is 7.55. The average Bonchev–Trinajstić information content (AvgIpc) is 3.22. The van der Waals surface area contributed by atoms with Gasteiger partial charge in [-0.3, -0.25) is 19.8 Å². The highest BCUT2D eigenvalue weighted by Crippen LogP contribution is 2.22. The molecule has 0 bridgehead atoms. The van der Waals surface area contributed by atoms with Crippen molar-refractivity contribution in [1.29, 1.82) is 0 Å². The highest BCUT2D eigenvalue weighted by Gasteiger charge is 2.26. The van der Waals surface area contributed by atoms with Crippen molar-refractivity contribution in [3.05, 3.63) is 57.8 Å². The maximum Gasteiger partial charge on any atom is 0.321 e. The molecule has 3 rings (SSSR count). The van der Waals surface area contributed by atoms with Crippen LogP contribution in [0.2, 0.25) is 0 Å². The van der Waals surface area contributed by atoms with E-state index in [0.29, 0.717) is 19.6 Å². The lowest BCUT2D eigenvalue weighted by molar-refractivity contribution is -0.121. The summed E-state index contributed by atoms with van der Waals surface area (Å²) in [6.07, 6.45) is 2.21. The number of carbonyl (C=O) groups excluding carboxylic acids is 3. The SMILES string of the molecule is Cc1ccc(C(=O)C2CCN(CC(=O)NC(=O)NCCc3cccs3)CC2)cc1. The summed E-state index contributed by atoms with van der Waals surface area (Å²) in [7, 11) is 0. The first-order valence-corrected chi connectivity index (χ1v) is 10.8. The number of hydrogen-bond donors (Lipinski definition) is 2. The molecule has 0 spiro atoms. The first-order chi connectivity index (χ1) is 14.0. The molecule has 0 saturated carbocycles. The van der Waals surface area contributed by atoms with Crippen molar-refractivity contribution in [2.45, 2.75) is 26.2 Å². The van der Waals surface area contributed by atoms with E-state index in [1.165, 1.54) is 4.88 Å². The molecule has 2 heterocycles.